The summed E-state index contributed by atoms with van der Waals surface area (Å²) in [5, 5.41) is 9.00. The second kappa shape index (κ2) is 9.58. The SMILES string of the molecule is CC(C)n1c(N2CCC(C(=O)NO)CC2)nc2c(N3CCOCC3)nc(-c3cnc(N)nc3)nc21. The molecule has 1 amide bonds. The average molecular weight is 483 g/mol. The molecule has 4 N–H and O–H groups in total. The molecule has 0 bridgehead atoms. The summed E-state index contributed by atoms with van der Waals surface area (Å²) in [6.45, 7) is 8.12. The van der Waals surface area contributed by atoms with E-state index in [1.165, 1.54) is 0 Å². The largest absolute Gasteiger partial charge is 0.378 e. The van der Waals surface area contributed by atoms with Crippen LogP contribution in [0.3, 0.4) is 0 Å². The van der Waals surface area contributed by atoms with E-state index in [4.69, 9.17) is 30.6 Å². The molecule has 186 valence electrons. The van der Waals surface area contributed by atoms with E-state index in [9.17, 15) is 4.79 Å². The zero-order valence-electron chi connectivity index (χ0n) is 19.9. The van der Waals surface area contributed by atoms with Crippen LogP contribution in [0.15, 0.2) is 12.4 Å². The highest BCUT2D eigenvalue weighted by Gasteiger charge is 2.30. The topological polar surface area (TPSA) is 160 Å². The Morgan fingerprint density at radius 1 is 1.09 bits per heavy atom. The number of ether oxygens (including phenoxy) is 1. The molecule has 13 heteroatoms. The number of morpholine rings is 1. The molecule has 0 radical (unpaired) electrons. The van der Waals surface area contributed by atoms with Gasteiger partial charge in [0.2, 0.25) is 17.8 Å². The van der Waals surface area contributed by atoms with Crippen LogP contribution in [0.2, 0.25) is 0 Å². The van der Waals surface area contributed by atoms with Gasteiger partial charge in [0.25, 0.3) is 0 Å². The van der Waals surface area contributed by atoms with Gasteiger partial charge in [0.15, 0.2) is 22.8 Å². The Bertz CT molecular complexity index is 1200. The van der Waals surface area contributed by atoms with Gasteiger partial charge in [-0.25, -0.2) is 30.4 Å². The normalized spacial score (nSPS) is 17.4. The van der Waals surface area contributed by atoms with Crippen molar-refractivity contribution >= 4 is 34.8 Å². The third kappa shape index (κ3) is 4.44. The number of amides is 1. The summed E-state index contributed by atoms with van der Waals surface area (Å²) in [5.74, 6) is 1.70. The van der Waals surface area contributed by atoms with Crippen molar-refractivity contribution in [3.05, 3.63) is 12.4 Å². The summed E-state index contributed by atoms with van der Waals surface area (Å²) < 4.78 is 7.68. The summed E-state index contributed by atoms with van der Waals surface area (Å²) >= 11 is 0. The highest BCUT2D eigenvalue weighted by Crippen LogP contribution is 2.34. The number of aromatic nitrogens is 6. The van der Waals surface area contributed by atoms with Crippen molar-refractivity contribution in [2.24, 2.45) is 5.92 Å². The number of nitrogen functional groups attached to an aromatic ring is 1. The molecule has 0 atom stereocenters. The van der Waals surface area contributed by atoms with Crippen molar-refractivity contribution < 1.29 is 14.7 Å². The van der Waals surface area contributed by atoms with Gasteiger partial charge < -0.3 is 20.3 Å². The Labute approximate surface area is 202 Å². The second-order valence-electron chi connectivity index (χ2n) is 9.09. The molecule has 2 saturated heterocycles. The molecule has 5 heterocycles. The van der Waals surface area contributed by atoms with Crippen LogP contribution in [-0.4, -0.2) is 80.0 Å². The zero-order chi connectivity index (χ0) is 24.5. The van der Waals surface area contributed by atoms with E-state index >= 15 is 0 Å². The quantitative estimate of drug-likeness (QED) is 0.351. The van der Waals surface area contributed by atoms with E-state index in [-0.39, 0.29) is 23.8 Å². The van der Waals surface area contributed by atoms with E-state index < -0.39 is 0 Å². The molecule has 0 aliphatic carbocycles. The molecule has 0 spiro atoms. The molecule has 2 fully saturated rings. The van der Waals surface area contributed by atoms with Crippen LogP contribution < -0.4 is 21.0 Å². The fourth-order valence-corrected chi connectivity index (χ4v) is 4.66. The van der Waals surface area contributed by atoms with E-state index in [1.54, 1.807) is 17.9 Å². The highest BCUT2D eigenvalue weighted by atomic mass is 16.5. The fraction of sp³-hybridized carbons (Fsp3) is 0.545. The third-order valence-corrected chi connectivity index (χ3v) is 6.52. The number of imidazole rings is 1. The number of hydrogen-bond acceptors (Lipinski definition) is 11. The van der Waals surface area contributed by atoms with Crippen molar-refractivity contribution in [2.75, 3.05) is 54.9 Å². The van der Waals surface area contributed by atoms with Crippen LogP contribution in [0, 0.1) is 5.92 Å². The van der Waals surface area contributed by atoms with Crippen molar-refractivity contribution in [1.29, 1.82) is 0 Å². The van der Waals surface area contributed by atoms with E-state index in [2.05, 4.69) is 38.2 Å². The monoisotopic (exact) mass is 482 g/mol. The Kier molecular flexibility index (Phi) is 6.34. The lowest BCUT2D eigenvalue weighted by Gasteiger charge is -2.32. The van der Waals surface area contributed by atoms with Gasteiger partial charge >= 0.3 is 0 Å². The van der Waals surface area contributed by atoms with Gasteiger partial charge in [-0.05, 0) is 26.7 Å². The number of nitrogens with two attached hydrogens (primary N) is 1. The van der Waals surface area contributed by atoms with Gasteiger partial charge in [-0.3, -0.25) is 14.6 Å². The number of carbonyl (C=O) groups excluding carboxylic acids is 1. The second-order valence-corrected chi connectivity index (χ2v) is 9.09. The maximum absolute atomic E-state index is 11.9. The van der Waals surface area contributed by atoms with Gasteiger partial charge in [0.05, 0.1) is 18.8 Å². The number of piperidine rings is 1. The van der Waals surface area contributed by atoms with Crippen LogP contribution in [0.1, 0.15) is 32.7 Å². The van der Waals surface area contributed by atoms with Crippen LogP contribution >= 0.6 is 0 Å². The third-order valence-electron chi connectivity index (χ3n) is 6.52. The lowest BCUT2D eigenvalue weighted by Crippen LogP contribution is -2.40. The summed E-state index contributed by atoms with van der Waals surface area (Å²) in [6.07, 6.45) is 4.51. The first-order chi connectivity index (χ1) is 17.0. The highest BCUT2D eigenvalue weighted by molar-refractivity contribution is 5.88. The Balaban J connectivity index is 1.62. The molecule has 13 nitrogen and oxygen atoms in total. The van der Waals surface area contributed by atoms with E-state index in [1.807, 2.05) is 0 Å². The molecule has 0 saturated carbocycles. The molecule has 35 heavy (non-hydrogen) atoms. The average Bonchev–Trinajstić information content (AvgIpc) is 3.28. The number of nitrogens with zero attached hydrogens (tertiary/aromatic N) is 8. The van der Waals surface area contributed by atoms with Gasteiger partial charge in [0.1, 0.15) is 0 Å². The van der Waals surface area contributed by atoms with Crippen molar-refractivity contribution in [2.45, 2.75) is 32.7 Å². The number of fused-ring (bicyclic) bond motifs is 1. The predicted octanol–water partition coefficient (Wildman–Crippen LogP) is 1.00. The first kappa shape index (κ1) is 23.2. The Morgan fingerprint density at radius 3 is 2.40 bits per heavy atom. The Morgan fingerprint density at radius 2 is 1.77 bits per heavy atom. The molecular weight excluding hydrogens is 452 g/mol. The maximum atomic E-state index is 11.9. The minimum absolute atomic E-state index is 0.0800. The molecular formula is C22H30N10O3. The maximum Gasteiger partial charge on any atom is 0.246 e. The summed E-state index contributed by atoms with van der Waals surface area (Å²) in [4.78, 5) is 39.3. The van der Waals surface area contributed by atoms with E-state index in [0.29, 0.717) is 63.6 Å². The summed E-state index contributed by atoms with van der Waals surface area (Å²) in [5.41, 5.74) is 9.59. The zero-order valence-corrected chi connectivity index (χ0v) is 19.9. The van der Waals surface area contributed by atoms with Crippen LogP contribution in [0.5, 0.6) is 0 Å². The molecule has 0 unspecified atom stereocenters. The predicted molar refractivity (Wildman–Crippen MR) is 129 cm³/mol. The minimum atomic E-state index is -0.335. The smallest absolute Gasteiger partial charge is 0.246 e. The number of nitrogens with one attached hydrogen (secondary N) is 1. The molecule has 0 aromatic carbocycles. The molecule has 3 aromatic heterocycles. The first-order valence-electron chi connectivity index (χ1n) is 11.9. The number of anilines is 3. The molecule has 3 aromatic rings. The van der Waals surface area contributed by atoms with Crippen LogP contribution in [-0.2, 0) is 9.53 Å². The number of rotatable bonds is 5. The van der Waals surface area contributed by atoms with Crippen molar-refractivity contribution in [3.8, 4) is 11.4 Å². The number of hydroxylamine groups is 1. The Hall–Kier alpha value is -3.58. The molecule has 5 rings (SSSR count). The van der Waals surface area contributed by atoms with E-state index in [0.717, 1.165) is 22.9 Å². The van der Waals surface area contributed by atoms with Crippen LogP contribution in [0.4, 0.5) is 17.7 Å². The molecule has 2 aliphatic rings. The summed E-state index contributed by atoms with van der Waals surface area (Å²) in [7, 11) is 0. The lowest BCUT2D eigenvalue weighted by molar-refractivity contribution is -0.134. The van der Waals surface area contributed by atoms with Crippen LogP contribution in [0.25, 0.3) is 22.6 Å². The molecule has 2 aliphatic heterocycles. The number of carbonyl (C=O) groups is 1. The minimum Gasteiger partial charge on any atom is -0.378 e. The first-order valence-corrected chi connectivity index (χ1v) is 11.9. The van der Waals surface area contributed by atoms with Gasteiger partial charge in [0, 0.05) is 50.5 Å². The van der Waals surface area contributed by atoms with Gasteiger partial charge in [-0.1, -0.05) is 0 Å². The van der Waals surface area contributed by atoms with Gasteiger partial charge in [-0.2, -0.15) is 0 Å². The standard InChI is InChI=1S/C22H30N10O3/c1-13(2)32-19-16(26-22(32)31-5-3-14(4-6-31)20(33)29-34)18(30-7-9-35-10-8-30)27-17(28-19)15-11-24-21(23)25-12-15/h11-14,34H,3-10H2,1-2H3,(H,29,33)(H2,23,24,25). The fourth-order valence-electron chi connectivity index (χ4n) is 4.66. The van der Waals surface area contributed by atoms with Gasteiger partial charge in [-0.15, -0.1) is 0 Å². The number of hydrogen-bond donors (Lipinski definition) is 3. The summed E-state index contributed by atoms with van der Waals surface area (Å²) in [6, 6.07) is 0.0800. The van der Waals surface area contributed by atoms with Crippen molar-refractivity contribution in [3.63, 3.8) is 0 Å². The lowest BCUT2D eigenvalue weighted by atomic mass is 9.96. The van der Waals surface area contributed by atoms with Crippen molar-refractivity contribution in [1.82, 2.24) is 35.0 Å².